The number of hydrogen-bond donors (Lipinski definition) is 0. The van der Waals surface area contributed by atoms with E-state index in [9.17, 15) is 0 Å². The molecule has 18 heavy (non-hydrogen) atoms. The van der Waals surface area contributed by atoms with Crippen LogP contribution in [-0.2, 0) is 12.8 Å². The van der Waals surface area contributed by atoms with Gasteiger partial charge in [0.1, 0.15) is 0 Å². The molecule has 0 saturated carbocycles. The highest BCUT2D eigenvalue weighted by molar-refractivity contribution is 5.82. The maximum atomic E-state index is 4.78. The Morgan fingerprint density at radius 3 is 2.28 bits per heavy atom. The van der Waals surface area contributed by atoms with Crippen molar-refractivity contribution in [3.63, 3.8) is 0 Å². The van der Waals surface area contributed by atoms with Crippen molar-refractivity contribution >= 4 is 10.9 Å². The zero-order valence-electron chi connectivity index (χ0n) is 11.9. The largest absolute Gasteiger partial charge is 0.253 e. The molecule has 0 unspecified atom stereocenters. The molecule has 1 nitrogen and oxygen atoms in total. The Balaban J connectivity index is 2.49. The normalized spacial score (nSPS) is 11.7. The van der Waals surface area contributed by atoms with Crippen molar-refractivity contribution in [1.29, 1.82) is 0 Å². The average Bonchev–Trinajstić information content (AvgIpc) is 2.27. The van der Waals surface area contributed by atoms with Crippen LogP contribution in [0.1, 0.15) is 39.0 Å². The first-order valence-corrected chi connectivity index (χ1v) is 6.93. The Morgan fingerprint density at radius 1 is 0.944 bits per heavy atom. The van der Waals surface area contributed by atoms with Gasteiger partial charge in [0.25, 0.3) is 0 Å². The Bertz CT molecular complexity index is 526. The standard InChI is InChI=1S/C17H23N/c1-12(2)9-14-11-15(10-13(3)4)18-17-8-6-5-7-16(14)17/h5-8,11-13H,9-10H2,1-4H3. The molecular formula is C17H23N. The quantitative estimate of drug-likeness (QED) is 0.760. The van der Waals surface area contributed by atoms with Crippen LogP contribution in [0.15, 0.2) is 30.3 Å². The van der Waals surface area contributed by atoms with Crippen molar-refractivity contribution < 1.29 is 0 Å². The zero-order valence-corrected chi connectivity index (χ0v) is 11.9. The molecule has 1 aromatic carbocycles. The number of nitrogens with zero attached hydrogens (tertiary/aromatic N) is 1. The van der Waals surface area contributed by atoms with Crippen molar-refractivity contribution in [2.45, 2.75) is 40.5 Å². The topological polar surface area (TPSA) is 12.9 Å². The van der Waals surface area contributed by atoms with Gasteiger partial charge in [-0.3, -0.25) is 4.98 Å². The highest BCUT2D eigenvalue weighted by atomic mass is 14.7. The molecule has 0 radical (unpaired) electrons. The summed E-state index contributed by atoms with van der Waals surface area (Å²) in [6.07, 6.45) is 2.20. The number of pyridine rings is 1. The van der Waals surface area contributed by atoms with E-state index < -0.39 is 0 Å². The smallest absolute Gasteiger partial charge is 0.0708 e. The van der Waals surface area contributed by atoms with Crippen LogP contribution in [0, 0.1) is 11.8 Å². The van der Waals surface area contributed by atoms with Gasteiger partial charge < -0.3 is 0 Å². The summed E-state index contributed by atoms with van der Waals surface area (Å²) in [6.45, 7) is 9.05. The number of fused-ring (bicyclic) bond motifs is 1. The number of para-hydroxylation sites is 1. The number of benzene rings is 1. The summed E-state index contributed by atoms with van der Waals surface area (Å²) in [6, 6.07) is 10.8. The van der Waals surface area contributed by atoms with E-state index in [2.05, 4.69) is 58.0 Å². The van der Waals surface area contributed by atoms with E-state index in [1.807, 2.05) is 0 Å². The Kier molecular flexibility index (Phi) is 4.00. The van der Waals surface area contributed by atoms with Gasteiger partial charge in [-0.05, 0) is 42.4 Å². The summed E-state index contributed by atoms with van der Waals surface area (Å²) in [7, 11) is 0. The molecule has 1 heteroatoms. The minimum absolute atomic E-state index is 0.658. The predicted octanol–water partition coefficient (Wildman–Crippen LogP) is 4.63. The average molecular weight is 241 g/mol. The van der Waals surface area contributed by atoms with Gasteiger partial charge in [0.15, 0.2) is 0 Å². The van der Waals surface area contributed by atoms with Gasteiger partial charge >= 0.3 is 0 Å². The summed E-state index contributed by atoms with van der Waals surface area (Å²) in [5.41, 5.74) is 3.83. The van der Waals surface area contributed by atoms with Gasteiger partial charge in [-0.1, -0.05) is 45.9 Å². The molecule has 0 saturated heterocycles. The first-order valence-electron chi connectivity index (χ1n) is 6.93. The van der Waals surface area contributed by atoms with E-state index >= 15 is 0 Å². The molecule has 0 fully saturated rings. The monoisotopic (exact) mass is 241 g/mol. The highest BCUT2D eigenvalue weighted by Gasteiger charge is 2.08. The van der Waals surface area contributed by atoms with Crippen LogP contribution in [0.3, 0.4) is 0 Å². The lowest BCUT2D eigenvalue weighted by molar-refractivity contribution is 0.630. The molecule has 2 aromatic rings. The Hall–Kier alpha value is -1.37. The fraction of sp³-hybridized carbons (Fsp3) is 0.471. The van der Waals surface area contributed by atoms with Crippen molar-refractivity contribution in [2.24, 2.45) is 11.8 Å². The van der Waals surface area contributed by atoms with Gasteiger partial charge in [0, 0.05) is 11.1 Å². The molecule has 0 bridgehead atoms. The van der Waals surface area contributed by atoms with Gasteiger partial charge in [-0.25, -0.2) is 0 Å². The van der Waals surface area contributed by atoms with Gasteiger partial charge in [0.2, 0.25) is 0 Å². The van der Waals surface area contributed by atoms with Crippen molar-refractivity contribution in [2.75, 3.05) is 0 Å². The Labute approximate surface area is 110 Å². The molecule has 0 N–H and O–H groups in total. The summed E-state index contributed by atoms with van der Waals surface area (Å²) >= 11 is 0. The van der Waals surface area contributed by atoms with Crippen molar-refractivity contribution in [3.8, 4) is 0 Å². The van der Waals surface area contributed by atoms with Crippen LogP contribution in [0.4, 0.5) is 0 Å². The maximum absolute atomic E-state index is 4.78. The van der Waals surface area contributed by atoms with Gasteiger partial charge in [-0.2, -0.15) is 0 Å². The van der Waals surface area contributed by atoms with Gasteiger partial charge in [0.05, 0.1) is 5.52 Å². The second-order valence-corrected chi connectivity index (χ2v) is 5.99. The van der Waals surface area contributed by atoms with Crippen LogP contribution in [0.25, 0.3) is 10.9 Å². The molecule has 0 amide bonds. The van der Waals surface area contributed by atoms with E-state index in [0.29, 0.717) is 11.8 Å². The number of hydrogen-bond acceptors (Lipinski definition) is 1. The van der Waals surface area contributed by atoms with Crippen LogP contribution in [0.5, 0.6) is 0 Å². The number of aromatic nitrogens is 1. The lowest BCUT2D eigenvalue weighted by atomic mass is 9.96. The fourth-order valence-electron chi connectivity index (χ4n) is 2.44. The van der Waals surface area contributed by atoms with E-state index in [0.717, 1.165) is 18.4 Å². The second kappa shape index (κ2) is 5.51. The van der Waals surface area contributed by atoms with E-state index in [-0.39, 0.29) is 0 Å². The third-order valence-electron chi connectivity index (χ3n) is 3.10. The third kappa shape index (κ3) is 3.10. The van der Waals surface area contributed by atoms with Crippen LogP contribution < -0.4 is 0 Å². The lowest BCUT2D eigenvalue weighted by Crippen LogP contribution is -2.02. The van der Waals surface area contributed by atoms with E-state index in [1.165, 1.54) is 16.6 Å². The summed E-state index contributed by atoms with van der Waals surface area (Å²) < 4.78 is 0. The molecule has 0 aliphatic heterocycles. The molecular weight excluding hydrogens is 218 g/mol. The van der Waals surface area contributed by atoms with E-state index in [1.54, 1.807) is 0 Å². The first kappa shape index (κ1) is 13.1. The second-order valence-electron chi connectivity index (χ2n) is 5.99. The predicted molar refractivity (Wildman–Crippen MR) is 78.8 cm³/mol. The first-order chi connectivity index (χ1) is 8.56. The minimum Gasteiger partial charge on any atom is -0.253 e. The molecule has 1 aromatic heterocycles. The molecule has 0 aliphatic rings. The number of rotatable bonds is 4. The van der Waals surface area contributed by atoms with Crippen LogP contribution in [-0.4, -0.2) is 4.98 Å². The van der Waals surface area contributed by atoms with Crippen molar-refractivity contribution in [3.05, 3.63) is 41.6 Å². The van der Waals surface area contributed by atoms with Gasteiger partial charge in [-0.15, -0.1) is 0 Å². The molecule has 0 aliphatic carbocycles. The van der Waals surface area contributed by atoms with Crippen molar-refractivity contribution in [1.82, 2.24) is 4.98 Å². The van der Waals surface area contributed by atoms with E-state index in [4.69, 9.17) is 4.98 Å². The highest BCUT2D eigenvalue weighted by Crippen LogP contribution is 2.22. The zero-order chi connectivity index (χ0) is 13.1. The summed E-state index contributed by atoms with van der Waals surface area (Å²) in [5, 5.41) is 1.32. The third-order valence-corrected chi connectivity index (χ3v) is 3.10. The van der Waals surface area contributed by atoms with Crippen LogP contribution >= 0.6 is 0 Å². The van der Waals surface area contributed by atoms with Crippen LogP contribution in [0.2, 0.25) is 0 Å². The lowest BCUT2D eigenvalue weighted by Gasteiger charge is -2.12. The molecule has 96 valence electrons. The fourth-order valence-corrected chi connectivity index (χ4v) is 2.44. The molecule has 0 atom stereocenters. The summed E-state index contributed by atoms with van der Waals surface area (Å²) in [4.78, 5) is 4.78. The molecule has 1 heterocycles. The SMILES string of the molecule is CC(C)Cc1cc(CC(C)C)c2ccccc2n1. The molecule has 0 spiro atoms. The minimum atomic E-state index is 0.658. The summed E-state index contributed by atoms with van der Waals surface area (Å²) in [5.74, 6) is 1.34. The Morgan fingerprint density at radius 2 is 1.61 bits per heavy atom. The molecule has 2 rings (SSSR count). The maximum Gasteiger partial charge on any atom is 0.0708 e.